The molecule has 18 heavy (non-hydrogen) atoms. The Balaban J connectivity index is 2.44. The molecule has 6 nitrogen and oxygen atoms in total. The van der Waals surface area contributed by atoms with Crippen LogP contribution in [0.2, 0.25) is 0 Å². The molecule has 0 atom stereocenters. The van der Waals surface area contributed by atoms with E-state index in [9.17, 15) is 19.8 Å². The molecule has 1 aromatic carbocycles. The monoisotopic (exact) mass is 246 g/mol. The molecule has 0 fully saturated rings. The number of imide groups is 1. The van der Waals surface area contributed by atoms with Gasteiger partial charge < -0.3 is 10.2 Å². The van der Waals surface area contributed by atoms with Crippen LogP contribution >= 0.6 is 0 Å². The number of hydrogen-bond donors (Lipinski definition) is 2. The Morgan fingerprint density at radius 1 is 0.889 bits per heavy atom. The molecule has 1 aliphatic heterocycles. The number of rotatable bonds is 0. The van der Waals surface area contributed by atoms with E-state index in [1.807, 2.05) is 0 Å². The Bertz CT molecular complexity index is 670. The third-order valence-corrected chi connectivity index (χ3v) is 3.34. The van der Waals surface area contributed by atoms with Gasteiger partial charge in [0.2, 0.25) is 11.8 Å². The van der Waals surface area contributed by atoms with Gasteiger partial charge in [-0.15, -0.1) is 0 Å². The van der Waals surface area contributed by atoms with Gasteiger partial charge in [-0.1, -0.05) is 0 Å². The molecule has 2 aromatic rings. The van der Waals surface area contributed by atoms with Crippen molar-refractivity contribution in [2.24, 2.45) is 7.05 Å². The molecule has 0 saturated carbocycles. The van der Waals surface area contributed by atoms with Crippen LogP contribution in [0.4, 0.5) is 0 Å². The molecule has 2 heterocycles. The number of carbonyl (C=O) groups excluding carboxylic acids is 2. The summed E-state index contributed by atoms with van der Waals surface area (Å²) in [5.74, 6) is -1.08. The van der Waals surface area contributed by atoms with Gasteiger partial charge in [-0.3, -0.25) is 19.1 Å². The largest absolute Gasteiger partial charge is 0.494 e. The minimum atomic E-state index is -0.403. The van der Waals surface area contributed by atoms with Crippen molar-refractivity contribution in [2.45, 2.75) is 0 Å². The smallest absolute Gasteiger partial charge is 0.261 e. The molecule has 0 bridgehead atoms. The topological polar surface area (TPSA) is 82.8 Å². The van der Waals surface area contributed by atoms with Crippen LogP contribution in [0.25, 0.3) is 10.8 Å². The molecule has 3 rings (SSSR count). The molecule has 0 radical (unpaired) electrons. The van der Waals surface area contributed by atoms with E-state index >= 15 is 0 Å². The highest BCUT2D eigenvalue weighted by Gasteiger charge is 2.34. The third-order valence-electron chi connectivity index (χ3n) is 3.34. The molecule has 0 spiro atoms. The van der Waals surface area contributed by atoms with E-state index in [1.165, 1.54) is 30.8 Å². The molecule has 1 aromatic heterocycles. The minimum absolute atomic E-state index is 0.139. The number of hydrogen-bond acceptors (Lipinski definition) is 4. The van der Waals surface area contributed by atoms with Crippen molar-refractivity contribution in [3.8, 4) is 11.8 Å². The van der Waals surface area contributed by atoms with Gasteiger partial charge in [0.1, 0.15) is 0 Å². The average Bonchev–Trinajstić information content (AvgIpc) is 2.71. The lowest BCUT2D eigenvalue weighted by atomic mass is 10.1. The van der Waals surface area contributed by atoms with Crippen LogP contribution in [-0.4, -0.2) is 38.5 Å². The van der Waals surface area contributed by atoms with Crippen molar-refractivity contribution in [3.63, 3.8) is 0 Å². The van der Waals surface area contributed by atoms with Crippen LogP contribution in [-0.2, 0) is 7.05 Å². The van der Waals surface area contributed by atoms with Crippen molar-refractivity contribution in [1.29, 1.82) is 0 Å². The van der Waals surface area contributed by atoms with Crippen molar-refractivity contribution >= 4 is 22.6 Å². The minimum Gasteiger partial charge on any atom is -0.494 e. The van der Waals surface area contributed by atoms with Crippen molar-refractivity contribution < 1.29 is 19.8 Å². The van der Waals surface area contributed by atoms with Gasteiger partial charge in [0.15, 0.2) is 0 Å². The van der Waals surface area contributed by atoms with E-state index in [0.717, 1.165) is 4.90 Å². The summed E-state index contributed by atoms with van der Waals surface area (Å²) in [6.07, 6.45) is 0. The van der Waals surface area contributed by atoms with Gasteiger partial charge in [0.25, 0.3) is 11.8 Å². The van der Waals surface area contributed by atoms with E-state index in [4.69, 9.17) is 0 Å². The summed E-state index contributed by atoms with van der Waals surface area (Å²) in [6.45, 7) is 0. The average molecular weight is 246 g/mol. The maximum Gasteiger partial charge on any atom is 0.261 e. The maximum atomic E-state index is 11.8. The van der Waals surface area contributed by atoms with Crippen LogP contribution in [0.3, 0.4) is 0 Å². The van der Waals surface area contributed by atoms with Gasteiger partial charge in [0.05, 0.1) is 11.1 Å². The zero-order chi connectivity index (χ0) is 13.2. The number of aromatic nitrogens is 1. The SMILES string of the molecule is CN1C(=O)c2cc3c(O)n(C)c(O)c3cc2C1=O. The third kappa shape index (κ3) is 1.02. The molecular weight excluding hydrogens is 236 g/mol. The van der Waals surface area contributed by atoms with Gasteiger partial charge in [-0.25, -0.2) is 0 Å². The fourth-order valence-corrected chi connectivity index (χ4v) is 2.24. The first kappa shape index (κ1) is 10.6. The first-order chi connectivity index (χ1) is 8.43. The summed E-state index contributed by atoms with van der Waals surface area (Å²) in [5.41, 5.74) is 0.492. The summed E-state index contributed by atoms with van der Waals surface area (Å²) in [7, 11) is 2.89. The molecule has 0 unspecified atom stereocenters. The van der Waals surface area contributed by atoms with E-state index in [1.54, 1.807) is 0 Å². The highest BCUT2D eigenvalue weighted by atomic mass is 16.3. The molecule has 2 amide bonds. The van der Waals surface area contributed by atoms with Gasteiger partial charge in [-0.2, -0.15) is 0 Å². The normalized spacial score (nSPS) is 14.7. The number of carbonyl (C=O) groups is 2. The zero-order valence-corrected chi connectivity index (χ0v) is 9.76. The number of aromatic hydroxyl groups is 2. The van der Waals surface area contributed by atoms with Crippen molar-refractivity contribution in [3.05, 3.63) is 23.3 Å². The zero-order valence-electron chi connectivity index (χ0n) is 9.76. The molecular formula is C12H10N2O4. The van der Waals surface area contributed by atoms with Crippen molar-refractivity contribution in [1.82, 2.24) is 9.47 Å². The summed E-state index contributed by atoms with van der Waals surface area (Å²) in [4.78, 5) is 24.6. The Labute approximate surface area is 102 Å². The maximum absolute atomic E-state index is 11.8. The number of amides is 2. The Morgan fingerprint density at radius 3 is 1.67 bits per heavy atom. The Hall–Kier alpha value is -2.50. The summed E-state index contributed by atoms with van der Waals surface area (Å²) in [6, 6.07) is 2.87. The number of nitrogens with zero attached hydrogens (tertiary/aromatic N) is 2. The molecule has 6 heteroatoms. The second kappa shape index (κ2) is 3.04. The standard InChI is InChI=1S/C12H10N2O4/c1-13-9(15)5-3-7-8(4-6(5)10(13)16)12(18)14(2)11(7)17/h3-4,15-16H,1-2H3. The van der Waals surface area contributed by atoms with E-state index < -0.39 is 11.8 Å². The molecule has 0 saturated heterocycles. The van der Waals surface area contributed by atoms with Crippen molar-refractivity contribution in [2.75, 3.05) is 7.05 Å². The Kier molecular flexibility index (Phi) is 1.80. The fraction of sp³-hybridized carbons (Fsp3) is 0.167. The lowest BCUT2D eigenvalue weighted by molar-refractivity contribution is 0.0693. The van der Waals surface area contributed by atoms with E-state index in [2.05, 4.69) is 0 Å². The number of fused-ring (bicyclic) bond motifs is 2. The van der Waals surface area contributed by atoms with Crippen LogP contribution in [0.15, 0.2) is 12.1 Å². The second-order valence-electron chi connectivity index (χ2n) is 4.32. The quantitative estimate of drug-likeness (QED) is 0.674. The van der Waals surface area contributed by atoms with Gasteiger partial charge in [0, 0.05) is 24.9 Å². The highest BCUT2D eigenvalue weighted by molar-refractivity contribution is 6.23. The van der Waals surface area contributed by atoms with E-state index in [0.29, 0.717) is 10.8 Å². The first-order valence-corrected chi connectivity index (χ1v) is 5.30. The van der Waals surface area contributed by atoms with Crippen LogP contribution in [0.5, 0.6) is 11.8 Å². The molecule has 92 valence electrons. The number of benzene rings is 1. The summed E-state index contributed by atoms with van der Waals surface area (Å²) >= 11 is 0. The van der Waals surface area contributed by atoms with E-state index in [-0.39, 0.29) is 22.9 Å². The molecule has 2 N–H and O–H groups in total. The van der Waals surface area contributed by atoms with Gasteiger partial charge in [-0.05, 0) is 12.1 Å². The highest BCUT2D eigenvalue weighted by Crippen LogP contribution is 2.38. The lowest BCUT2D eigenvalue weighted by Crippen LogP contribution is -2.24. The molecule has 1 aliphatic rings. The molecule has 0 aliphatic carbocycles. The van der Waals surface area contributed by atoms with Crippen LogP contribution in [0, 0.1) is 0 Å². The second-order valence-corrected chi connectivity index (χ2v) is 4.32. The fourth-order valence-electron chi connectivity index (χ4n) is 2.24. The predicted octanol–water partition coefficient (Wildman–Crippen LogP) is 0.815. The summed E-state index contributed by atoms with van der Waals surface area (Å²) in [5, 5.41) is 20.3. The van der Waals surface area contributed by atoms with Crippen LogP contribution in [0.1, 0.15) is 20.7 Å². The summed E-state index contributed by atoms with van der Waals surface area (Å²) < 4.78 is 1.19. The lowest BCUT2D eigenvalue weighted by Gasteiger charge is -2.02. The first-order valence-electron chi connectivity index (χ1n) is 5.30. The van der Waals surface area contributed by atoms with Crippen LogP contribution < -0.4 is 0 Å². The van der Waals surface area contributed by atoms with Gasteiger partial charge >= 0.3 is 0 Å². The Morgan fingerprint density at radius 2 is 1.28 bits per heavy atom. The predicted molar refractivity (Wildman–Crippen MR) is 62.7 cm³/mol.